The third kappa shape index (κ3) is 5.14. The van der Waals surface area contributed by atoms with Gasteiger partial charge in [0.05, 0.1) is 12.6 Å². The summed E-state index contributed by atoms with van der Waals surface area (Å²) in [5, 5.41) is 24.7. The highest BCUT2D eigenvalue weighted by Gasteiger charge is 2.16. The van der Waals surface area contributed by atoms with Crippen LogP contribution in [0.2, 0.25) is 0 Å². The Morgan fingerprint density at radius 3 is 2.53 bits per heavy atom. The van der Waals surface area contributed by atoms with E-state index in [-0.39, 0.29) is 6.10 Å². The fourth-order valence-electron chi connectivity index (χ4n) is 3.68. The number of nitrogens with one attached hydrogen (secondary N) is 2. The number of guanidine groups is 1. The number of benzene rings is 1. The van der Waals surface area contributed by atoms with Crippen LogP contribution in [0, 0.1) is 0 Å². The van der Waals surface area contributed by atoms with Gasteiger partial charge in [0.25, 0.3) is 0 Å². The summed E-state index contributed by atoms with van der Waals surface area (Å²) in [7, 11) is 1.76. The lowest BCUT2D eigenvalue weighted by Crippen LogP contribution is -2.36. The molecule has 1 aliphatic heterocycles. The standard InChI is InChI=1S/C22H29N7O/c1-23-22(25-15-21-27-26-20-4-2-3-11-29(20)21)24-14-17-5-7-18(8-6-17)16-28-12-9-19(30)10-13-28/h2-8,11,19,30H,9-10,12-16H2,1H3,(H2,23,24,25). The van der Waals surface area contributed by atoms with Gasteiger partial charge in [0.15, 0.2) is 17.4 Å². The predicted octanol–water partition coefficient (Wildman–Crippen LogP) is 1.55. The molecule has 0 amide bonds. The second-order valence-corrected chi connectivity index (χ2v) is 7.65. The largest absolute Gasteiger partial charge is 0.393 e. The zero-order valence-electron chi connectivity index (χ0n) is 17.3. The quantitative estimate of drug-likeness (QED) is 0.424. The summed E-state index contributed by atoms with van der Waals surface area (Å²) in [5.74, 6) is 1.56. The molecule has 3 N–H and O–H groups in total. The van der Waals surface area contributed by atoms with Gasteiger partial charge in [0.2, 0.25) is 0 Å². The molecule has 4 rings (SSSR count). The molecule has 0 spiro atoms. The first-order valence-electron chi connectivity index (χ1n) is 10.4. The van der Waals surface area contributed by atoms with E-state index in [1.54, 1.807) is 7.05 Å². The van der Waals surface area contributed by atoms with Crippen molar-refractivity contribution >= 4 is 11.6 Å². The van der Waals surface area contributed by atoms with E-state index in [1.807, 2.05) is 28.8 Å². The number of likely N-dealkylation sites (tertiary alicyclic amines) is 1. The Bertz CT molecular complexity index is 975. The van der Waals surface area contributed by atoms with Gasteiger partial charge in [0.1, 0.15) is 0 Å². The highest BCUT2D eigenvalue weighted by Crippen LogP contribution is 2.14. The van der Waals surface area contributed by atoms with Crippen LogP contribution < -0.4 is 10.6 Å². The number of aromatic nitrogens is 3. The van der Waals surface area contributed by atoms with Crippen LogP contribution in [0.1, 0.15) is 29.8 Å². The summed E-state index contributed by atoms with van der Waals surface area (Å²) in [6.07, 6.45) is 3.58. The predicted molar refractivity (Wildman–Crippen MR) is 117 cm³/mol. The first-order valence-corrected chi connectivity index (χ1v) is 10.4. The van der Waals surface area contributed by atoms with E-state index in [4.69, 9.17) is 0 Å². The van der Waals surface area contributed by atoms with Gasteiger partial charge in [-0.1, -0.05) is 30.3 Å². The summed E-state index contributed by atoms with van der Waals surface area (Å²) in [6.45, 7) is 4.10. The number of hydrogen-bond acceptors (Lipinski definition) is 5. The van der Waals surface area contributed by atoms with Gasteiger partial charge in [0, 0.05) is 39.4 Å². The average molecular weight is 408 g/mol. The summed E-state index contributed by atoms with van der Waals surface area (Å²) in [5.41, 5.74) is 3.33. The van der Waals surface area contributed by atoms with Crippen LogP contribution in [0.3, 0.4) is 0 Å². The van der Waals surface area contributed by atoms with E-state index < -0.39 is 0 Å². The fourth-order valence-corrected chi connectivity index (χ4v) is 3.68. The Labute approximate surface area is 176 Å². The highest BCUT2D eigenvalue weighted by atomic mass is 16.3. The van der Waals surface area contributed by atoms with Crippen molar-refractivity contribution in [2.75, 3.05) is 20.1 Å². The molecule has 0 aliphatic carbocycles. The van der Waals surface area contributed by atoms with Gasteiger partial charge < -0.3 is 15.7 Å². The first-order chi connectivity index (χ1) is 14.7. The van der Waals surface area contributed by atoms with Crippen LogP contribution in [-0.4, -0.2) is 56.8 Å². The Balaban J connectivity index is 1.25. The minimum Gasteiger partial charge on any atom is -0.393 e. The number of fused-ring (bicyclic) bond motifs is 1. The lowest BCUT2D eigenvalue weighted by Gasteiger charge is -2.29. The molecule has 8 nitrogen and oxygen atoms in total. The smallest absolute Gasteiger partial charge is 0.191 e. The summed E-state index contributed by atoms with van der Waals surface area (Å²) in [6, 6.07) is 14.5. The Kier molecular flexibility index (Phi) is 6.56. The van der Waals surface area contributed by atoms with Crippen molar-refractivity contribution in [3.63, 3.8) is 0 Å². The molecule has 0 bridgehead atoms. The zero-order valence-corrected chi connectivity index (χ0v) is 17.3. The van der Waals surface area contributed by atoms with Gasteiger partial charge in [-0.3, -0.25) is 14.3 Å². The molecule has 0 radical (unpaired) electrons. The van der Waals surface area contributed by atoms with Crippen molar-refractivity contribution in [1.29, 1.82) is 0 Å². The van der Waals surface area contributed by atoms with E-state index in [2.05, 4.69) is 55.0 Å². The van der Waals surface area contributed by atoms with E-state index in [0.29, 0.717) is 13.1 Å². The van der Waals surface area contributed by atoms with Gasteiger partial charge in [-0.25, -0.2) is 0 Å². The topological polar surface area (TPSA) is 90.1 Å². The van der Waals surface area contributed by atoms with Crippen LogP contribution >= 0.6 is 0 Å². The molecule has 8 heteroatoms. The fraction of sp³-hybridized carbons (Fsp3) is 0.409. The van der Waals surface area contributed by atoms with E-state index in [0.717, 1.165) is 49.9 Å². The summed E-state index contributed by atoms with van der Waals surface area (Å²) in [4.78, 5) is 6.70. The third-order valence-electron chi connectivity index (χ3n) is 5.47. The molecule has 2 aromatic heterocycles. The molecule has 3 aromatic rings. The van der Waals surface area contributed by atoms with Crippen LogP contribution in [0.4, 0.5) is 0 Å². The average Bonchev–Trinajstić information content (AvgIpc) is 3.20. The minimum atomic E-state index is -0.124. The number of aliphatic imine (C=N–C) groups is 1. The van der Waals surface area contributed by atoms with Crippen molar-refractivity contribution < 1.29 is 5.11 Å². The molecule has 0 saturated carbocycles. The number of pyridine rings is 1. The second kappa shape index (κ2) is 9.69. The lowest BCUT2D eigenvalue weighted by atomic mass is 10.1. The molecular formula is C22H29N7O. The normalized spacial score (nSPS) is 16.1. The zero-order chi connectivity index (χ0) is 20.8. The van der Waals surface area contributed by atoms with Gasteiger partial charge >= 0.3 is 0 Å². The molecule has 1 aliphatic rings. The van der Waals surface area contributed by atoms with E-state index in [9.17, 15) is 5.11 Å². The first kappa shape index (κ1) is 20.3. The minimum absolute atomic E-state index is 0.124. The lowest BCUT2D eigenvalue weighted by molar-refractivity contribution is 0.0792. The molecular weight excluding hydrogens is 378 g/mol. The summed E-state index contributed by atoms with van der Waals surface area (Å²) >= 11 is 0. The van der Waals surface area contributed by atoms with Crippen molar-refractivity contribution in [2.45, 2.75) is 38.6 Å². The maximum Gasteiger partial charge on any atom is 0.191 e. The Hall–Kier alpha value is -2.97. The number of aliphatic hydroxyl groups excluding tert-OH is 1. The number of hydrogen-bond donors (Lipinski definition) is 3. The monoisotopic (exact) mass is 407 g/mol. The van der Waals surface area contributed by atoms with E-state index in [1.165, 1.54) is 11.1 Å². The molecule has 1 saturated heterocycles. The van der Waals surface area contributed by atoms with Gasteiger partial charge in [-0.05, 0) is 36.1 Å². The Morgan fingerprint density at radius 1 is 1.03 bits per heavy atom. The SMILES string of the molecule is CN=C(NCc1ccc(CN2CCC(O)CC2)cc1)NCc1nnc2ccccn12. The van der Waals surface area contributed by atoms with Crippen molar-refractivity contribution in [3.05, 3.63) is 65.6 Å². The Morgan fingerprint density at radius 2 is 1.77 bits per heavy atom. The van der Waals surface area contributed by atoms with E-state index >= 15 is 0 Å². The molecule has 1 fully saturated rings. The van der Waals surface area contributed by atoms with Crippen LogP contribution in [0.5, 0.6) is 0 Å². The molecule has 158 valence electrons. The number of piperidine rings is 1. The second-order valence-electron chi connectivity index (χ2n) is 7.65. The van der Waals surface area contributed by atoms with Crippen LogP contribution in [0.15, 0.2) is 53.7 Å². The number of nitrogens with zero attached hydrogens (tertiary/aromatic N) is 5. The number of rotatable bonds is 6. The van der Waals surface area contributed by atoms with Crippen molar-refractivity contribution in [3.8, 4) is 0 Å². The van der Waals surface area contributed by atoms with Crippen LogP contribution in [-0.2, 0) is 19.6 Å². The number of aliphatic hydroxyl groups is 1. The van der Waals surface area contributed by atoms with Gasteiger partial charge in [-0.2, -0.15) is 0 Å². The molecule has 1 aromatic carbocycles. The molecule has 3 heterocycles. The molecule has 0 unspecified atom stereocenters. The maximum atomic E-state index is 9.64. The summed E-state index contributed by atoms with van der Waals surface area (Å²) < 4.78 is 1.96. The molecule has 30 heavy (non-hydrogen) atoms. The van der Waals surface area contributed by atoms with Crippen LogP contribution in [0.25, 0.3) is 5.65 Å². The van der Waals surface area contributed by atoms with Crippen molar-refractivity contribution in [2.24, 2.45) is 4.99 Å². The van der Waals surface area contributed by atoms with Gasteiger partial charge in [-0.15, -0.1) is 10.2 Å². The third-order valence-corrected chi connectivity index (χ3v) is 5.47. The van der Waals surface area contributed by atoms with Crippen molar-refractivity contribution in [1.82, 2.24) is 30.1 Å². The highest BCUT2D eigenvalue weighted by molar-refractivity contribution is 5.79. The molecule has 0 atom stereocenters. The maximum absolute atomic E-state index is 9.64.